The van der Waals surface area contributed by atoms with Crippen molar-refractivity contribution in [3.05, 3.63) is 59.4 Å². The van der Waals surface area contributed by atoms with Crippen LogP contribution in [-0.4, -0.2) is 21.2 Å². The number of nitrogens with zero attached hydrogens (tertiary/aromatic N) is 2. The number of ketones is 1. The Kier molecular flexibility index (Phi) is 4.04. The average Bonchev–Trinajstić information content (AvgIpc) is 2.89. The Hall–Kier alpha value is -3.15. The van der Waals surface area contributed by atoms with E-state index in [2.05, 4.69) is 10.3 Å². The molecule has 0 saturated carbocycles. The molecule has 1 aromatic heterocycles. The number of nitrogens with one attached hydrogen (secondary N) is 2. The highest BCUT2D eigenvalue weighted by atomic mass is 16.1. The van der Waals surface area contributed by atoms with Gasteiger partial charge in [0, 0.05) is 23.9 Å². The van der Waals surface area contributed by atoms with E-state index in [1.165, 1.54) is 0 Å². The van der Waals surface area contributed by atoms with Gasteiger partial charge in [0.05, 0.1) is 17.6 Å². The molecule has 0 radical (unpaired) electrons. The van der Waals surface area contributed by atoms with Crippen LogP contribution < -0.4 is 11.1 Å². The lowest BCUT2D eigenvalue weighted by atomic mass is 10.1. The Morgan fingerprint density at radius 1 is 1.21 bits per heavy atom. The minimum Gasteiger partial charge on any atom is -0.384 e. The number of aromatic nitrogens is 2. The van der Waals surface area contributed by atoms with Gasteiger partial charge in [0.1, 0.15) is 11.7 Å². The molecule has 3 rings (SSSR count). The van der Waals surface area contributed by atoms with Crippen molar-refractivity contribution in [2.24, 2.45) is 12.8 Å². The molecule has 6 heteroatoms. The van der Waals surface area contributed by atoms with Gasteiger partial charge < -0.3 is 15.6 Å². The van der Waals surface area contributed by atoms with Gasteiger partial charge in [-0.2, -0.15) is 0 Å². The molecule has 0 atom stereocenters. The van der Waals surface area contributed by atoms with Crippen molar-refractivity contribution in [1.82, 2.24) is 9.55 Å². The van der Waals surface area contributed by atoms with Crippen molar-refractivity contribution in [3.8, 4) is 0 Å². The van der Waals surface area contributed by atoms with Gasteiger partial charge in [-0.3, -0.25) is 10.2 Å². The third-order valence-electron chi connectivity index (χ3n) is 4.03. The minimum atomic E-state index is 0.0350. The van der Waals surface area contributed by atoms with Crippen LogP contribution in [0.1, 0.15) is 28.7 Å². The van der Waals surface area contributed by atoms with Gasteiger partial charge in [-0.15, -0.1) is 0 Å². The van der Waals surface area contributed by atoms with Crippen LogP contribution in [0.3, 0.4) is 0 Å². The highest BCUT2D eigenvalue weighted by Crippen LogP contribution is 2.18. The number of aryl methyl sites for hydroxylation is 1. The number of carbonyl (C=O) groups is 1. The van der Waals surface area contributed by atoms with Crippen LogP contribution in [0.25, 0.3) is 11.0 Å². The van der Waals surface area contributed by atoms with Gasteiger partial charge in [-0.25, -0.2) is 4.98 Å². The van der Waals surface area contributed by atoms with E-state index in [4.69, 9.17) is 11.1 Å². The average molecular weight is 321 g/mol. The topological polar surface area (TPSA) is 96.8 Å². The van der Waals surface area contributed by atoms with E-state index in [9.17, 15) is 4.79 Å². The Morgan fingerprint density at radius 2 is 1.88 bits per heavy atom. The number of Topliss-reactive ketones (excluding diaryl/α,β-unsaturated/α-hetero) is 1. The molecule has 0 fully saturated rings. The van der Waals surface area contributed by atoms with Crippen molar-refractivity contribution in [2.45, 2.75) is 13.5 Å². The highest BCUT2D eigenvalue weighted by Gasteiger charge is 2.09. The maximum Gasteiger partial charge on any atom is 0.159 e. The number of nitrogens with two attached hydrogens (primary N) is 1. The fraction of sp³-hybridized carbons (Fsp3) is 0.167. The molecular weight excluding hydrogens is 302 g/mol. The van der Waals surface area contributed by atoms with Gasteiger partial charge in [0.25, 0.3) is 0 Å². The number of carbonyl (C=O) groups excluding carboxylic acids is 1. The second kappa shape index (κ2) is 6.16. The molecule has 0 aliphatic carbocycles. The molecule has 0 unspecified atom stereocenters. The quantitative estimate of drug-likeness (QED) is 0.382. The molecule has 0 amide bonds. The summed E-state index contributed by atoms with van der Waals surface area (Å²) in [5, 5.41) is 10.7. The van der Waals surface area contributed by atoms with Gasteiger partial charge in [0.2, 0.25) is 0 Å². The first-order chi connectivity index (χ1) is 11.5. The lowest BCUT2D eigenvalue weighted by molar-refractivity contribution is 0.101. The van der Waals surface area contributed by atoms with Gasteiger partial charge in [-0.05, 0) is 49.4 Å². The monoisotopic (exact) mass is 321 g/mol. The van der Waals surface area contributed by atoms with E-state index in [0.717, 1.165) is 22.5 Å². The summed E-state index contributed by atoms with van der Waals surface area (Å²) in [7, 11) is 1.96. The molecule has 122 valence electrons. The van der Waals surface area contributed by atoms with Gasteiger partial charge >= 0.3 is 0 Å². The molecule has 0 bridgehead atoms. The SMILES string of the molecule is CC(=O)c1ccc2c(c1)nc(CNc1ccc(C(=N)N)cc1)n2C. The lowest BCUT2D eigenvalue weighted by Gasteiger charge is -2.07. The summed E-state index contributed by atoms with van der Waals surface area (Å²) in [5.41, 5.74) is 9.54. The number of amidine groups is 1. The maximum absolute atomic E-state index is 11.5. The Labute approximate surface area is 139 Å². The summed E-state index contributed by atoms with van der Waals surface area (Å²) < 4.78 is 2.01. The smallest absolute Gasteiger partial charge is 0.159 e. The standard InChI is InChI=1S/C18H19N5O/c1-11(24)13-5-8-16-15(9-13)22-17(23(16)2)10-21-14-6-3-12(4-7-14)18(19)20/h3-9,21H,10H2,1-2H3,(H3,19,20). The molecule has 0 aliphatic heterocycles. The number of fused-ring (bicyclic) bond motifs is 1. The number of benzene rings is 2. The number of rotatable bonds is 5. The normalized spacial score (nSPS) is 10.8. The minimum absolute atomic E-state index is 0.0350. The van der Waals surface area contributed by atoms with Crippen molar-refractivity contribution in [1.29, 1.82) is 5.41 Å². The second-order valence-electron chi connectivity index (χ2n) is 5.69. The maximum atomic E-state index is 11.5. The number of hydrogen-bond acceptors (Lipinski definition) is 4. The molecule has 0 spiro atoms. The molecule has 1 heterocycles. The summed E-state index contributed by atoms with van der Waals surface area (Å²) in [6.45, 7) is 2.11. The van der Waals surface area contributed by atoms with E-state index >= 15 is 0 Å². The van der Waals surface area contributed by atoms with Crippen LogP contribution in [0.4, 0.5) is 5.69 Å². The molecule has 4 N–H and O–H groups in total. The summed E-state index contributed by atoms with van der Waals surface area (Å²) >= 11 is 0. The zero-order valence-electron chi connectivity index (χ0n) is 13.6. The van der Waals surface area contributed by atoms with E-state index in [-0.39, 0.29) is 11.6 Å². The predicted molar refractivity (Wildman–Crippen MR) is 95.5 cm³/mol. The molecular formula is C18H19N5O. The first-order valence-corrected chi connectivity index (χ1v) is 7.60. The van der Waals surface area contributed by atoms with Crippen LogP contribution in [0.5, 0.6) is 0 Å². The van der Waals surface area contributed by atoms with E-state index < -0.39 is 0 Å². The van der Waals surface area contributed by atoms with Crippen molar-refractivity contribution in [3.63, 3.8) is 0 Å². The third-order valence-corrected chi connectivity index (χ3v) is 4.03. The third kappa shape index (κ3) is 2.99. The number of imidazole rings is 1. The van der Waals surface area contributed by atoms with E-state index in [1.807, 2.05) is 41.9 Å². The molecule has 24 heavy (non-hydrogen) atoms. The zero-order valence-corrected chi connectivity index (χ0v) is 13.6. The molecule has 2 aromatic carbocycles. The molecule has 0 aliphatic rings. The predicted octanol–water partition coefficient (Wildman–Crippen LogP) is 2.67. The molecule has 3 aromatic rings. The second-order valence-corrected chi connectivity index (χ2v) is 5.69. The Bertz CT molecular complexity index is 924. The van der Waals surface area contributed by atoms with Crippen LogP contribution in [0.2, 0.25) is 0 Å². The largest absolute Gasteiger partial charge is 0.384 e. The number of anilines is 1. The molecule has 0 saturated heterocycles. The first-order valence-electron chi connectivity index (χ1n) is 7.60. The summed E-state index contributed by atoms with van der Waals surface area (Å²) in [4.78, 5) is 16.1. The number of hydrogen-bond donors (Lipinski definition) is 3. The van der Waals surface area contributed by atoms with Gasteiger partial charge in [0.15, 0.2) is 5.78 Å². The Morgan fingerprint density at radius 3 is 2.50 bits per heavy atom. The fourth-order valence-electron chi connectivity index (χ4n) is 2.58. The van der Waals surface area contributed by atoms with Crippen LogP contribution in [0.15, 0.2) is 42.5 Å². The van der Waals surface area contributed by atoms with Crippen LogP contribution >= 0.6 is 0 Å². The lowest BCUT2D eigenvalue weighted by Crippen LogP contribution is -2.11. The van der Waals surface area contributed by atoms with Gasteiger partial charge in [-0.1, -0.05) is 0 Å². The van der Waals surface area contributed by atoms with E-state index in [1.54, 1.807) is 19.1 Å². The Balaban J connectivity index is 1.81. The first kappa shape index (κ1) is 15.7. The fourth-order valence-corrected chi connectivity index (χ4v) is 2.58. The molecule has 6 nitrogen and oxygen atoms in total. The summed E-state index contributed by atoms with van der Waals surface area (Å²) in [6.07, 6.45) is 0. The highest BCUT2D eigenvalue weighted by molar-refractivity contribution is 5.97. The van der Waals surface area contributed by atoms with Crippen molar-refractivity contribution in [2.75, 3.05) is 5.32 Å². The summed E-state index contributed by atoms with van der Waals surface area (Å²) in [5.74, 6) is 0.965. The van der Waals surface area contributed by atoms with Crippen LogP contribution in [-0.2, 0) is 13.6 Å². The zero-order chi connectivity index (χ0) is 17.3. The summed E-state index contributed by atoms with van der Waals surface area (Å²) in [6, 6.07) is 12.9. The van der Waals surface area contributed by atoms with E-state index in [0.29, 0.717) is 17.7 Å². The van der Waals surface area contributed by atoms with Crippen LogP contribution in [0, 0.1) is 5.41 Å². The van der Waals surface area contributed by atoms with Crippen molar-refractivity contribution < 1.29 is 4.79 Å². The van der Waals surface area contributed by atoms with Crippen molar-refractivity contribution >= 4 is 28.3 Å². The number of nitrogen functional groups attached to an aromatic ring is 1.